The molecular weight excluding hydrogens is 336 g/mol. The average Bonchev–Trinajstić information content (AvgIpc) is 3.26. The van der Waals surface area contributed by atoms with Gasteiger partial charge in [-0.3, -0.25) is 4.55 Å². The number of unbranched alkanes of at least 4 members (excludes halogenated alkanes) is 7. The Morgan fingerprint density at radius 2 is 1.64 bits per heavy atom. The van der Waals surface area contributed by atoms with Gasteiger partial charge in [-0.1, -0.05) is 76.0 Å². The Hall–Kier alpha value is -0.910. The number of ether oxygens (including phenoxy) is 1. The van der Waals surface area contributed by atoms with Crippen LogP contribution in [0.3, 0.4) is 0 Å². The molecule has 5 heteroatoms. The predicted octanol–water partition coefficient (Wildman–Crippen LogP) is 5.08. The molecule has 1 heterocycles. The van der Waals surface area contributed by atoms with Crippen molar-refractivity contribution in [2.75, 3.05) is 0 Å². The molecule has 0 unspecified atom stereocenters. The van der Waals surface area contributed by atoms with E-state index < -0.39 is 10.1 Å². The SMILES string of the molecule is CCCCCCCCCC[C@@H]1O[C@@H]1Cc1cc(C)ccc1S(=O)(=O)O. The first kappa shape index (κ1) is 20.4. The Bertz CT molecular complexity index is 639. The van der Waals surface area contributed by atoms with E-state index in [4.69, 9.17) is 4.74 Å². The van der Waals surface area contributed by atoms with Gasteiger partial charge in [0.1, 0.15) is 0 Å². The fraction of sp³-hybridized carbons (Fsp3) is 0.700. The van der Waals surface area contributed by atoms with Crippen LogP contribution in [0, 0.1) is 6.92 Å². The Morgan fingerprint density at radius 1 is 1.00 bits per heavy atom. The molecule has 0 spiro atoms. The van der Waals surface area contributed by atoms with E-state index in [1.165, 1.54) is 57.4 Å². The minimum absolute atomic E-state index is 0.0134. The third kappa shape index (κ3) is 7.08. The number of epoxide rings is 1. The zero-order chi connectivity index (χ0) is 18.3. The van der Waals surface area contributed by atoms with Gasteiger partial charge in [0.2, 0.25) is 0 Å². The zero-order valence-corrected chi connectivity index (χ0v) is 16.4. The molecule has 0 bridgehead atoms. The number of rotatable bonds is 12. The van der Waals surface area contributed by atoms with Crippen LogP contribution in [0.25, 0.3) is 0 Å². The van der Waals surface area contributed by atoms with Gasteiger partial charge in [-0.05, 0) is 25.0 Å². The van der Waals surface area contributed by atoms with Gasteiger partial charge in [0.05, 0.1) is 17.1 Å². The van der Waals surface area contributed by atoms with Gasteiger partial charge in [-0.25, -0.2) is 0 Å². The van der Waals surface area contributed by atoms with E-state index in [0.717, 1.165) is 12.0 Å². The monoisotopic (exact) mass is 368 g/mol. The summed E-state index contributed by atoms with van der Waals surface area (Å²) in [6.07, 6.45) is 12.3. The average molecular weight is 369 g/mol. The van der Waals surface area contributed by atoms with Crippen molar-refractivity contribution in [1.82, 2.24) is 0 Å². The first-order chi connectivity index (χ1) is 11.9. The van der Waals surface area contributed by atoms with Gasteiger partial charge >= 0.3 is 0 Å². The van der Waals surface area contributed by atoms with Crippen molar-refractivity contribution in [3.8, 4) is 0 Å². The van der Waals surface area contributed by atoms with Crippen LogP contribution >= 0.6 is 0 Å². The molecule has 2 rings (SSSR count). The molecule has 0 aliphatic carbocycles. The summed E-state index contributed by atoms with van der Waals surface area (Å²) in [6, 6.07) is 5.02. The lowest BCUT2D eigenvalue weighted by Gasteiger charge is -2.07. The van der Waals surface area contributed by atoms with E-state index in [2.05, 4.69) is 6.92 Å². The maximum atomic E-state index is 11.5. The summed E-state index contributed by atoms with van der Waals surface area (Å²) in [5.41, 5.74) is 1.65. The second kappa shape index (κ2) is 9.70. The highest BCUT2D eigenvalue weighted by atomic mass is 32.2. The summed E-state index contributed by atoms with van der Waals surface area (Å²) >= 11 is 0. The van der Waals surface area contributed by atoms with Gasteiger partial charge in [-0.2, -0.15) is 8.42 Å². The minimum Gasteiger partial charge on any atom is -0.369 e. The molecule has 1 aromatic carbocycles. The molecule has 1 fully saturated rings. The van der Waals surface area contributed by atoms with Gasteiger partial charge < -0.3 is 4.74 Å². The third-order valence-corrected chi connectivity index (χ3v) is 5.90. The van der Waals surface area contributed by atoms with Crippen molar-refractivity contribution in [2.45, 2.75) is 95.2 Å². The van der Waals surface area contributed by atoms with Crippen LogP contribution in [0.2, 0.25) is 0 Å². The predicted molar refractivity (Wildman–Crippen MR) is 101 cm³/mol. The van der Waals surface area contributed by atoms with E-state index in [1.54, 1.807) is 6.07 Å². The van der Waals surface area contributed by atoms with Gasteiger partial charge in [0, 0.05) is 6.42 Å². The van der Waals surface area contributed by atoms with Crippen molar-refractivity contribution in [2.24, 2.45) is 0 Å². The van der Waals surface area contributed by atoms with Crippen molar-refractivity contribution in [3.63, 3.8) is 0 Å². The molecule has 1 N–H and O–H groups in total. The summed E-state index contributed by atoms with van der Waals surface area (Å²) in [6.45, 7) is 4.16. The molecule has 0 amide bonds. The molecule has 1 aliphatic rings. The topological polar surface area (TPSA) is 66.9 Å². The number of hydrogen-bond acceptors (Lipinski definition) is 3. The van der Waals surface area contributed by atoms with Gasteiger partial charge in [0.25, 0.3) is 10.1 Å². The lowest BCUT2D eigenvalue weighted by Crippen LogP contribution is -2.07. The molecule has 2 atom stereocenters. The number of benzene rings is 1. The van der Waals surface area contributed by atoms with E-state index >= 15 is 0 Å². The Morgan fingerprint density at radius 3 is 2.28 bits per heavy atom. The lowest BCUT2D eigenvalue weighted by atomic mass is 10.0. The summed E-state index contributed by atoms with van der Waals surface area (Å²) in [7, 11) is -4.18. The maximum absolute atomic E-state index is 11.5. The molecule has 0 radical (unpaired) electrons. The van der Waals surface area contributed by atoms with Gasteiger partial charge in [0.15, 0.2) is 0 Å². The Balaban J connectivity index is 1.69. The molecule has 4 nitrogen and oxygen atoms in total. The van der Waals surface area contributed by atoms with E-state index in [0.29, 0.717) is 12.0 Å². The van der Waals surface area contributed by atoms with Crippen LogP contribution < -0.4 is 0 Å². The van der Waals surface area contributed by atoms with Crippen LogP contribution in [0.4, 0.5) is 0 Å². The van der Waals surface area contributed by atoms with E-state index in [-0.39, 0.29) is 17.1 Å². The number of aryl methyl sites for hydroxylation is 1. The summed E-state index contributed by atoms with van der Waals surface area (Å²) in [4.78, 5) is 0.0134. The second-order valence-corrected chi connectivity index (χ2v) is 8.66. The van der Waals surface area contributed by atoms with Crippen molar-refractivity contribution < 1.29 is 17.7 Å². The van der Waals surface area contributed by atoms with E-state index in [9.17, 15) is 13.0 Å². The maximum Gasteiger partial charge on any atom is 0.294 e. The van der Waals surface area contributed by atoms with Crippen molar-refractivity contribution >= 4 is 10.1 Å². The molecule has 25 heavy (non-hydrogen) atoms. The fourth-order valence-corrected chi connectivity index (χ4v) is 4.14. The molecular formula is C20H32O4S. The lowest BCUT2D eigenvalue weighted by molar-refractivity contribution is 0.356. The van der Waals surface area contributed by atoms with Crippen LogP contribution in [0.5, 0.6) is 0 Å². The quantitative estimate of drug-likeness (QED) is 0.317. The molecule has 1 saturated heterocycles. The largest absolute Gasteiger partial charge is 0.369 e. The molecule has 1 aliphatic heterocycles. The minimum atomic E-state index is -4.18. The highest BCUT2D eigenvalue weighted by molar-refractivity contribution is 7.85. The van der Waals surface area contributed by atoms with Crippen molar-refractivity contribution in [3.05, 3.63) is 29.3 Å². The smallest absolute Gasteiger partial charge is 0.294 e. The molecule has 142 valence electrons. The summed E-state index contributed by atoms with van der Waals surface area (Å²) < 4.78 is 38.1. The van der Waals surface area contributed by atoms with Crippen LogP contribution in [0.1, 0.15) is 75.8 Å². The first-order valence-corrected chi connectivity index (χ1v) is 11.1. The van der Waals surface area contributed by atoms with E-state index in [1.807, 2.05) is 13.0 Å². The summed E-state index contributed by atoms with van der Waals surface area (Å²) in [5, 5.41) is 0. The van der Waals surface area contributed by atoms with Crippen LogP contribution in [-0.4, -0.2) is 25.2 Å². The Labute approximate surface area is 152 Å². The number of hydrogen-bond donors (Lipinski definition) is 1. The molecule has 0 aromatic heterocycles. The first-order valence-electron chi connectivity index (χ1n) is 9.64. The fourth-order valence-electron chi connectivity index (χ4n) is 3.43. The van der Waals surface area contributed by atoms with Gasteiger partial charge in [-0.15, -0.1) is 0 Å². The summed E-state index contributed by atoms with van der Waals surface area (Å²) in [5.74, 6) is 0. The standard InChI is InChI=1S/C20H32O4S/c1-3-4-5-6-7-8-9-10-11-18-19(24-18)15-17-14-16(2)12-13-20(17)25(21,22)23/h12-14,18-19H,3-11,15H2,1-2H3,(H,21,22,23)/t18-,19+/m0/s1. The third-order valence-electron chi connectivity index (χ3n) is 4.94. The van der Waals surface area contributed by atoms with Crippen LogP contribution in [0.15, 0.2) is 23.1 Å². The zero-order valence-electron chi connectivity index (χ0n) is 15.5. The Kier molecular flexibility index (Phi) is 7.91. The second-order valence-electron chi connectivity index (χ2n) is 7.27. The van der Waals surface area contributed by atoms with Crippen molar-refractivity contribution in [1.29, 1.82) is 0 Å². The normalized spacial score (nSPS) is 20.0. The molecule has 0 saturated carbocycles. The molecule has 1 aromatic rings. The van der Waals surface area contributed by atoms with Crippen LogP contribution in [-0.2, 0) is 21.3 Å². The highest BCUT2D eigenvalue weighted by Crippen LogP contribution is 2.32. The highest BCUT2D eigenvalue weighted by Gasteiger charge is 2.38.